The number of benzene rings is 1. The van der Waals surface area contributed by atoms with Crippen molar-refractivity contribution < 1.29 is 4.74 Å². The molecule has 96 valence electrons. The molecular weight excluding hydrogens is 226 g/mol. The molecule has 0 unspecified atom stereocenters. The van der Waals surface area contributed by atoms with Crippen LogP contribution in [0.1, 0.15) is 26.7 Å². The van der Waals surface area contributed by atoms with Crippen LogP contribution >= 0.6 is 0 Å². The Hall–Kier alpha value is -1.84. The molecule has 2 rings (SSSR count). The molecule has 18 heavy (non-hydrogen) atoms. The van der Waals surface area contributed by atoms with E-state index >= 15 is 0 Å². The third-order valence-corrected chi connectivity index (χ3v) is 2.64. The maximum absolute atomic E-state index is 5.54. The van der Waals surface area contributed by atoms with Gasteiger partial charge >= 0.3 is 0 Å². The standard InChI is InChI=1S/C14H19N3O/c1-3-5-10-15-13-14(18-4-2)17-12-9-7-6-8-11(12)16-13/h6-9H,3-5,10H2,1-2H3,(H,15,16). The van der Waals surface area contributed by atoms with Crippen LogP contribution in [0.15, 0.2) is 24.3 Å². The van der Waals surface area contributed by atoms with Gasteiger partial charge in [0.05, 0.1) is 17.6 Å². The zero-order valence-electron chi connectivity index (χ0n) is 10.9. The van der Waals surface area contributed by atoms with Crippen molar-refractivity contribution in [3.8, 4) is 5.88 Å². The van der Waals surface area contributed by atoms with Gasteiger partial charge in [-0.15, -0.1) is 0 Å². The number of anilines is 1. The third kappa shape index (κ3) is 2.88. The van der Waals surface area contributed by atoms with Crippen molar-refractivity contribution in [1.82, 2.24) is 9.97 Å². The first-order valence-corrected chi connectivity index (χ1v) is 6.48. The van der Waals surface area contributed by atoms with E-state index in [9.17, 15) is 0 Å². The number of hydrogen-bond donors (Lipinski definition) is 1. The van der Waals surface area contributed by atoms with Crippen LogP contribution in [0.2, 0.25) is 0 Å². The number of rotatable bonds is 6. The minimum atomic E-state index is 0.590. The zero-order chi connectivity index (χ0) is 12.8. The molecule has 0 aliphatic heterocycles. The van der Waals surface area contributed by atoms with E-state index in [4.69, 9.17) is 4.74 Å². The first-order valence-electron chi connectivity index (χ1n) is 6.48. The van der Waals surface area contributed by atoms with Gasteiger partial charge in [0.25, 0.3) is 5.88 Å². The van der Waals surface area contributed by atoms with E-state index in [0.29, 0.717) is 12.5 Å². The van der Waals surface area contributed by atoms with Crippen LogP contribution < -0.4 is 10.1 Å². The van der Waals surface area contributed by atoms with Gasteiger partial charge in [-0.05, 0) is 25.5 Å². The fourth-order valence-corrected chi connectivity index (χ4v) is 1.72. The molecule has 0 fully saturated rings. The van der Waals surface area contributed by atoms with Gasteiger partial charge in [-0.1, -0.05) is 25.5 Å². The van der Waals surface area contributed by atoms with Crippen LogP contribution in [0.25, 0.3) is 11.0 Å². The smallest absolute Gasteiger partial charge is 0.258 e. The molecule has 1 aromatic heterocycles. The monoisotopic (exact) mass is 245 g/mol. The van der Waals surface area contributed by atoms with Crippen molar-refractivity contribution in [2.24, 2.45) is 0 Å². The van der Waals surface area contributed by atoms with Crippen LogP contribution in [0.4, 0.5) is 5.82 Å². The number of fused-ring (bicyclic) bond motifs is 1. The lowest BCUT2D eigenvalue weighted by Crippen LogP contribution is -2.07. The number of aromatic nitrogens is 2. The van der Waals surface area contributed by atoms with Gasteiger partial charge in [0.2, 0.25) is 0 Å². The summed E-state index contributed by atoms with van der Waals surface area (Å²) < 4.78 is 5.54. The van der Waals surface area contributed by atoms with Crippen LogP contribution in [-0.2, 0) is 0 Å². The number of ether oxygens (including phenoxy) is 1. The fraction of sp³-hybridized carbons (Fsp3) is 0.429. The van der Waals surface area contributed by atoms with Crippen molar-refractivity contribution in [2.75, 3.05) is 18.5 Å². The van der Waals surface area contributed by atoms with Crippen LogP contribution in [-0.4, -0.2) is 23.1 Å². The van der Waals surface area contributed by atoms with Crippen molar-refractivity contribution in [3.05, 3.63) is 24.3 Å². The molecule has 2 aromatic rings. The van der Waals surface area contributed by atoms with E-state index in [1.165, 1.54) is 0 Å². The zero-order valence-corrected chi connectivity index (χ0v) is 10.9. The minimum Gasteiger partial charge on any atom is -0.475 e. The van der Waals surface area contributed by atoms with Crippen molar-refractivity contribution in [2.45, 2.75) is 26.7 Å². The highest BCUT2D eigenvalue weighted by molar-refractivity contribution is 5.77. The second-order valence-electron chi connectivity index (χ2n) is 4.08. The summed E-state index contributed by atoms with van der Waals surface area (Å²) >= 11 is 0. The molecule has 0 aliphatic rings. The molecule has 0 bridgehead atoms. The first-order chi connectivity index (χ1) is 8.85. The average Bonchev–Trinajstić information content (AvgIpc) is 2.40. The molecule has 1 aromatic carbocycles. The van der Waals surface area contributed by atoms with E-state index in [0.717, 1.165) is 36.2 Å². The molecule has 4 heteroatoms. The summed E-state index contributed by atoms with van der Waals surface area (Å²) in [5.74, 6) is 1.33. The van der Waals surface area contributed by atoms with Gasteiger partial charge < -0.3 is 10.1 Å². The highest BCUT2D eigenvalue weighted by Gasteiger charge is 2.08. The second-order valence-corrected chi connectivity index (χ2v) is 4.08. The van der Waals surface area contributed by atoms with E-state index in [1.807, 2.05) is 31.2 Å². The quantitative estimate of drug-likeness (QED) is 0.794. The Morgan fingerprint density at radius 1 is 1.11 bits per heavy atom. The number of hydrogen-bond acceptors (Lipinski definition) is 4. The number of para-hydroxylation sites is 2. The molecule has 0 amide bonds. The second kappa shape index (κ2) is 6.19. The first kappa shape index (κ1) is 12.6. The Kier molecular flexibility index (Phi) is 4.34. The molecule has 0 aliphatic carbocycles. The van der Waals surface area contributed by atoms with Gasteiger partial charge in [0, 0.05) is 6.54 Å². The van der Waals surface area contributed by atoms with Gasteiger partial charge in [-0.25, -0.2) is 9.97 Å². The van der Waals surface area contributed by atoms with Gasteiger partial charge in [-0.2, -0.15) is 0 Å². The minimum absolute atomic E-state index is 0.590. The highest BCUT2D eigenvalue weighted by Crippen LogP contribution is 2.23. The summed E-state index contributed by atoms with van der Waals surface area (Å²) in [6.07, 6.45) is 2.26. The van der Waals surface area contributed by atoms with E-state index in [2.05, 4.69) is 22.2 Å². The van der Waals surface area contributed by atoms with Crippen LogP contribution in [0, 0.1) is 0 Å². The molecule has 0 saturated heterocycles. The third-order valence-electron chi connectivity index (χ3n) is 2.64. The topological polar surface area (TPSA) is 47.0 Å². The number of unbranched alkanes of at least 4 members (excludes halogenated alkanes) is 1. The Bertz CT molecular complexity index is 513. The molecule has 4 nitrogen and oxygen atoms in total. The Labute approximate surface area is 107 Å². The lowest BCUT2D eigenvalue weighted by atomic mass is 10.3. The van der Waals surface area contributed by atoms with Crippen LogP contribution in [0.5, 0.6) is 5.88 Å². The molecule has 0 spiro atoms. The number of nitrogens with one attached hydrogen (secondary N) is 1. The Balaban J connectivity index is 2.31. The van der Waals surface area contributed by atoms with E-state index < -0.39 is 0 Å². The Morgan fingerprint density at radius 3 is 2.50 bits per heavy atom. The van der Waals surface area contributed by atoms with Crippen LogP contribution in [0.3, 0.4) is 0 Å². The number of nitrogens with zero attached hydrogens (tertiary/aromatic N) is 2. The highest BCUT2D eigenvalue weighted by atomic mass is 16.5. The fourth-order valence-electron chi connectivity index (χ4n) is 1.72. The SMILES string of the molecule is CCCCNc1nc2ccccc2nc1OCC. The largest absolute Gasteiger partial charge is 0.475 e. The van der Waals surface area contributed by atoms with Gasteiger partial charge in [-0.3, -0.25) is 0 Å². The van der Waals surface area contributed by atoms with Gasteiger partial charge in [0.15, 0.2) is 5.82 Å². The maximum atomic E-state index is 5.54. The summed E-state index contributed by atoms with van der Waals surface area (Å²) in [6, 6.07) is 7.83. The summed E-state index contributed by atoms with van der Waals surface area (Å²) in [4.78, 5) is 9.06. The van der Waals surface area contributed by atoms with Crippen molar-refractivity contribution in [1.29, 1.82) is 0 Å². The maximum Gasteiger partial charge on any atom is 0.258 e. The summed E-state index contributed by atoms with van der Waals surface area (Å²) in [5, 5.41) is 3.29. The molecule has 1 heterocycles. The van der Waals surface area contributed by atoms with Crippen molar-refractivity contribution >= 4 is 16.9 Å². The van der Waals surface area contributed by atoms with E-state index in [-0.39, 0.29) is 0 Å². The normalized spacial score (nSPS) is 10.6. The van der Waals surface area contributed by atoms with Gasteiger partial charge in [0.1, 0.15) is 0 Å². The lowest BCUT2D eigenvalue weighted by Gasteiger charge is -2.11. The average molecular weight is 245 g/mol. The molecular formula is C14H19N3O. The van der Waals surface area contributed by atoms with E-state index in [1.54, 1.807) is 0 Å². The molecule has 1 N–H and O–H groups in total. The predicted octanol–water partition coefficient (Wildman–Crippen LogP) is 3.24. The summed E-state index contributed by atoms with van der Waals surface area (Å²) in [7, 11) is 0. The summed E-state index contributed by atoms with van der Waals surface area (Å²) in [5.41, 5.74) is 1.75. The predicted molar refractivity (Wildman–Crippen MR) is 74.1 cm³/mol. The van der Waals surface area contributed by atoms with Crippen molar-refractivity contribution in [3.63, 3.8) is 0 Å². The molecule has 0 saturated carbocycles. The lowest BCUT2D eigenvalue weighted by molar-refractivity contribution is 0.328. The Morgan fingerprint density at radius 2 is 1.83 bits per heavy atom. The molecule has 0 radical (unpaired) electrons. The summed E-state index contributed by atoms with van der Waals surface area (Å²) in [6.45, 7) is 5.60. The molecule has 0 atom stereocenters.